The van der Waals surface area contributed by atoms with Crippen LogP contribution >= 0.6 is 0 Å². The molecule has 0 aliphatic rings. The van der Waals surface area contributed by atoms with Crippen LogP contribution in [0.15, 0.2) is 200 Å². The van der Waals surface area contributed by atoms with E-state index in [1.54, 1.807) is 0 Å². The van der Waals surface area contributed by atoms with Gasteiger partial charge in [-0.1, -0.05) is 176 Å². The van der Waals surface area contributed by atoms with Crippen LogP contribution in [-0.4, -0.2) is 5.71 Å². The van der Waals surface area contributed by atoms with E-state index in [1.165, 1.54) is 44.5 Å². The molecule has 0 fully saturated rings. The van der Waals surface area contributed by atoms with Crippen LogP contribution in [0, 0.1) is 0 Å². The first-order chi connectivity index (χ1) is 24.1. The molecule has 0 aromatic heterocycles. The Morgan fingerprint density at radius 2 is 1.06 bits per heavy atom. The first-order valence-electron chi connectivity index (χ1n) is 16.8. The molecular formula is C48H41N. The molecule has 0 radical (unpaired) electrons. The van der Waals surface area contributed by atoms with Crippen LogP contribution in [0.5, 0.6) is 0 Å². The number of hydrogen-bond donors (Lipinski definition) is 0. The standard InChI is InChI=1S/C48H41N/c1-4-5-8-15-36(2)40-24-26-43(27-25-40)45-21-13-16-38(33-45)35-49-48(32-37(3)39-17-9-6-10-18-39)47-23-14-22-46(34-47)44-30-28-42(29-31-44)41-19-11-7-12-20-41/h4-34H,2,35H2,1,3H3/b5-4-,15-8-,37-32+,49-48?. The summed E-state index contributed by atoms with van der Waals surface area (Å²) in [6, 6.07) is 55.9. The van der Waals surface area contributed by atoms with Crippen LogP contribution in [-0.2, 0) is 6.54 Å². The van der Waals surface area contributed by atoms with E-state index >= 15 is 0 Å². The van der Waals surface area contributed by atoms with Gasteiger partial charge in [0.25, 0.3) is 0 Å². The first-order valence-corrected chi connectivity index (χ1v) is 16.8. The maximum absolute atomic E-state index is 5.24. The summed E-state index contributed by atoms with van der Waals surface area (Å²) in [5.41, 5.74) is 14.8. The van der Waals surface area contributed by atoms with E-state index < -0.39 is 0 Å². The zero-order chi connectivity index (χ0) is 33.8. The van der Waals surface area contributed by atoms with Crippen molar-refractivity contribution in [2.24, 2.45) is 4.99 Å². The number of hydrogen-bond acceptors (Lipinski definition) is 1. The average molecular weight is 632 g/mol. The third-order valence-corrected chi connectivity index (χ3v) is 8.62. The average Bonchev–Trinajstić information content (AvgIpc) is 3.17. The van der Waals surface area contributed by atoms with Crippen molar-refractivity contribution in [3.8, 4) is 33.4 Å². The van der Waals surface area contributed by atoms with E-state index in [0.717, 1.165) is 28.0 Å². The lowest BCUT2D eigenvalue weighted by molar-refractivity contribution is 1.07. The Hall–Kier alpha value is -6.05. The number of rotatable bonds is 11. The van der Waals surface area contributed by atoms with Gasteiger partial charge in [-0.05, 0) is 93.3 Å². The summed E-state index contributed by atoms with van der Waals surface area (Å²) in [5, 5.41) is 0. The molecule has 0 heterocycles. The molecule has 6 rings (SSSR count). The highest BCUT2D eigenvalue weighted by Crippen LogP contribution is 2.27. The molecule has 6 aromatic rings. The highest BCUT2D eigenvalue weighted by molar-refractivity contribution is 6.12. The second kappa shape index (κ2) is 16.2. The highest BCUT2D eigenvalue weighted by Gasteiger charge is 2.08. The topological polar surface area (TPSA) is 12.4 Å². The van der Waals surface area contributed by atoms with Gasteiger partial charge in [0.05, 0.1) is 12.3 Å². The summed E-state index contributed by atoms with van der Waals surface area (Å²) in [7, 11) is 0. The Morgan fingerprint density at radius 1 is 0.531 bits per heavy atom. The summed E-state index contributed by atoms with van der Waals surface area (Å²) < 4.78 is 0. The van der Waals surface area contributed by atoms with Crippen LogP contribution < -0.4 is 0 Å². The zero-order valence-electron chi connectivity index (χ0n) is 28.3. The van der Waals surface area contributed by atoms with Gasteiger partial charge < -0.3 is 0 Å². The summed E-state index contributed by atoms with van der Waals surface area (Å²) in [4.78, 5) is 5.24. The molecule has 0 spiro atoms. The van der Waals surface area contributed by atoms with Gasteiger partial charge in [0.1, 0.15) is 0 Å². The van der Waals surface area contributed by atoms with E-state index in [-0.39, 0.29) is 0 Å². The lowest BCUT2D eigenvalue weighted by Crippen LogP contribution is -2.00. The van der Waals surface area contributed by atoms with Gasteiger partial charge >= 0.3 is 0 Å². The minimum atomic E-state index is 0.572. The smallest absolute Gasteiger partial charge is 0.0653 e. The van der Waals surface area contributed by atoms with E-state index in [2.05, 4.69) is 177 Å². The van der Waals surface area contributed by atoms with Crippen molar-refractivity contribution < 1.29 is 0 Å². The van der Waals surface area contributed by atoms with Gasteiger partial charge in [0, 0.05) is 5.56 Å². The Kier molecular flexibility index (Phi) is 10.9. The van der Waals surface area contributed by atoms with Gasteiger partial charge in [-0.3, -0.25) is 4.99 Å². The second-order valence-electron chi connectivity index (χ2n) is 12.1. The maximum atomic E-state index is 5.24. The summed E-state index contributed by atoms with van der Waals surface area (Å²) >= 11 is 0. The van der Waals surface area contributed by atoms with Crippen LogP contribution in [0.25, 0.3) is 44.5 Å². The van der Waals surface area contributed by atoms with Crippen LogP contribution in [0.4, 0.5) is 0 Å². The maximum Gasteiger partial charge on any atom is 0.0653 e. The second-order valence-corrected chi connectivity index (χ2v) is 12.1. The minimum absolute atomic E-state index is 0.572. The Morgan fingerprint density at radius 3 is 1.73 bits per heavy atom. The highest BCUT2D eigenvalue weighted by atomic mass is 14.7. The SMILES string of the molecule is C=C(/C=C\C=C/C)c1ccc(-c2cccc(CN=C(/C=C(\C)c3ccccc3)c3cccc(-c4ccc(-c5ccccc5)cc4)c3)c2)cc1. The van der Waals surface area contributed by atoms with E-state index in [0.29, 0.717) is 6.54 Å². The van der Waals surface area contributed by atoms with Crippen LogP contribution in [0.2, 0.25) is 0 Å². The van der Waals surface area contributed by atoms with E-state index in [9.17, 15) is 0 Å². The van der Waals surface area contributed by atoms with Gasteiger partial charge in [-0.15, -0.1) is 0 Å². The van der Waals surface area contributed by atoms with Crippen LogP contribution in [0.3, 0.4) is 0 Å². The molecule has 0 unspecified atom stereocenters. The zero-order valence-corrected chi connectivity index (χ0v) is 28.3. The third kappa shape index (κ3) is 8.66. The molecule has 0 saturated heterocycles. The van der Waals surface area contributed by atoms with Crippen molar-refractivity contribution in [1.29, 1.82) is 0 Å². The van der Waals surface area contributed by atoms with E-state index in [4.69, 9.17) is 4.99 Å². The lowest BCUT2D eigenvalue weighted by Gasteiger charge is -2.10. The van der Waals surface area contributed by atoms with Crippen LogP contribution in [0.1, 0.15) is 36.1 Å². The third-order valence-electron chi connectivity index (χ3n) is 8.62. The summed E-state index contributed by atoms with van der Waals surface area (Å²) in [6.07, 6.45) is 10.3. The molecule has 0 bridgehead atoms. The molecule has 1 nitrogen and oxygen atoms in total. The van der Waals surface area contributed by atoms with Crippen molar-refractivity contribution in [2.45, 2.75) is 20.4 Å². The number of nitrogens with zero attached hydrogens (tertiary/aromatic N) is 1. The van der Waals surface area contributed by atoms with Crippen molar-refractivity contribution in [3.05, 3.63) is 217 Å². The summed E-state index contributed by atoms with van der Waals surface area (Å²) in [6.45, 7) is 8.96. The Labute approximate surface area is 291 Å². The molecule has 0 amide bonds. The predicted molar refractivity (Wildman–Crippen MR) is 213 cm³/mol. The molecule has 0 aliphatic carbocycles. The lowest BCUT2D eigenvalue weighted by atomic mass is 9.97. The first kappa shape index (κ1) is 32.9. The normalized spacial score (nSPS) is 12.1. The molecule has 0 atom stereocenters. The molecule has 0 N–H and O–H groups in total. The minimum Gasteiger partial charge on any atom is -0.280 e. The number of aliphatic imine (C=N–C) groups is 1. The monoisotopic (exact) mass is 631 g/mol. The van der Waals surface area contributed by atoms with Gasteiger partial charge in [-0.2, -0.15) is 0 Å². The van der Waals surface area contributed by atoms with Crippen molar-refractivity contribution in [1.82, 2.24) is 0 Å². The predicted octanol–water partition coefficient (Wildman–Crippen LogP) is 12.9. The molecule has 49 heavy (non-hydrogen) atoms. The summed E-state index contributed by atoms with van der Waals surface area (Å²) in [5.74, 6) is 0. The van der Waals surface area contributed by atoms with E-state index in [1.807, 2.05) is 31.2 Å². The Balaban J connectivity index is 1.28. The van der Waals surface area contributed by atoms with Gasteiger partial charge in [0.2, 0.25) is 0 Å². The molecule has 0 aliphatic heterocycles. The van der Waals surface area contributed by atoms with Gasteiger partial charge in [-0.25, -0.2) is 0 Å². The van der Waals surface area contributed by atoms with Crippen molar-refractivity contribution in [3.63, 3.8) is 0 Å². The molecule has 238 valence electrons. The number of allylic oxidation sites excluding steroid dienone is 7. The Bertz CT molecular complexity index is 2130. The largest absolute Gasteiger partial charge is 0.280 e. The van der Waals surface area contributed by atoms with Gasteiger partial charge in [0.15, 0.2) is 0 Å². The fourth-order valence-corrected chi connectivity index (χ4v) is 5.84. The van der Waals surface area contributed by atoms with Crippen molar-refractivity contribution >= 4 is 16.9 Å². The number of benzene rings is 6. The fraction of sp³-hybridized carbons (Fsp3) is 0.0625. The fourth-order valence-electron chi connectivity index (χ4n) is 5.84. The molecule has 6 aromatic carbocycles. The molecule has 0 saturated carbocycles. The van der Waals surface area contributed by atoms with Crippen molar-refractivity contribution in [2.75, 3.05) is 0 Å². The quantitative estimate of drug-likeness (QED) is 0.0996. The molecule has 1 heteroatoms. The molecular weight excluding hydrogens is 591 g/mol.